The quantitative estimate of drug-likeness (QED) is 0.518. The zero-order chi connectivity index (χ0) is 21.7. The van der Waals surface area contributed by atoms with E-state index in [1.54, 1.807) is 20.2 Å². The summed E-state index contributed by atoms with van der Waals surface area (Å²) >= 11 is 0. The molecule has 3 rings (SSSR count). The molecular formula is C23H29N3O3S. The standard InChI is InChI=1S/C23H29N3O3S/c1-5-30(27,28)23-24-15-21(26(23)16-19-10-7-6-8-11-19)17-25(3)18(2)20-12-9-13-22(14-20)29-4/h6-15,18H,5,16-17H2,1-4H3/t18-/m1/s1. The number of hydrogen-bond donors (Lipinski definition) is 0. The fourth-order valence-corrected chi connectivity index (χ4v) is 4.37. The van der Waals surface area contributed by atoms with Crippen LogP contribution in [0.3, 0.4) is 0 Å². The number of aromatic nitrogens is 2. The third-order valence-corrected chi connectivity index (χ3v) is 7.03. The number of methoxy groups -OCH3 is 1. The molecule has 30 heavy (non-hydrogen) atoms. The lowest BCUT2D eigenvalue weighted by atomic mass is 10.1. The van der Waals surface area contributed by atoms with Crippen molar-refractivity contribution in [3.63, 3.8) is 0 Å². The molecule has 0 spiro atoms. The zero-order valence-electron chi connectivity index (χ0n) is 17.9. The van der Waals surface area contributed by atoms with Gasteiger partial charge in [0.1, 0.15) is 5.75 Å². The van der Waals surface area contributed by atoms with Crippen LogP contribution in [-0.2, 0) is 22.9 Å². The Hall–Kier alpha value is -2.64. The van der Waals surface area contributed by atoms with E-state index in [1.807, 2.05) is 60.1 Å². The molecule has 2 aromatic carbocycles. The van der Waals surface area contributed by atoms with Crippen molar-refractivity contribution in [2.24, 2.45) is 0 Å². The Morgan fingerprint density at radius 1 is 1.13 bits per heavy atom. The summed E-state index contributed by atoms with van der Waals surface area (Å²) in [5, 5.41) is 0.131. The number of benzene rings is 2. The fourth-order valence-electron chi connectivity index (χ4n) is 3.38. The zero-order valence-corrected chi connectivity index (χ0v) is 18.8. The van der Waals surface area contributed by atoms with E-state index in [0.29, 0.717) is 13.1 Å². The number of sulfone groups is 1. The monoisotopic (exact) mass is 427 g/mol. The molecule has 0 unspecified atom stereocenters. The van der Waals surface area contributed by atoms with Gasteiger partial charge in [-0.2, -0.15) is 0 Å². The summed E-state index contributed by atoms with van der Waals surface area (Å²) in [6.07, 6.45) is 1.68. The van der Waals surface area contributed by atoms with Gasteiger partial charge in [-0.05, 0) is 37.2 Å². The van der Waals surface area contributed by atoms with Gasteiger partial charge in [-0.25, -0.2) is 13.4 Å². The van der Waals surface area contributed by atoms with Gasteiger partial charge < -0.3 is 9.30 Å². The van der Waals surface area contributed by atoms with Gasteiger partial charge in [0, 0.05) is 12.6 Å². The molecule has 0 aliphatic heterocycles. The van der Waals surface area contributed by atoms with Crippen LogP contribution in [0.4, 0.5) is 0 Å². The number of nitrogens with zero attached hydrogens (tertiary/aromatic N) is 3. The molecule has 160 valence electrons. The predicted molar refractivity (Wildman–Crippen MR) is 118 cm³/mol. The van der Waals surface area contributed by atoms with Crippen LogP contribution in [0, 0.1) is 0 Å². The molecule has 0 aliphatic carbocycles. The van der Waals surface area contributed by atoms with Crippen LogP contribution in [0.15, 0.2) is 66.0 Å². The molecule has 0 radical (unpaired) electrons. The molecule has 3 aromatic rings. The third kappa shape index (κ3) is 4.91. The van der Waals surface area contributed by atoms with Crippen LogP contribution >= 0.6 is 0 Å². The van der Waals surface area contributed by atoms with Gasteiger partial charge in [0.15, 0.2) is 0 Å². The van der Waals surface area contributed by atoms with Crippen LogP contribution in [0.5, 0.6) is 5.75 Å². The maximum absolute atomic E-state index is 12.6. The Morgan fingerprint density at radius 2 is 1.87 bits per heavy atom. The second kappa shape index (κ2) is 9.45. The van der Waals surface area contributed by atoms with Gasteiger partial charge >= 0.3 is 0 Å². The van der Waals surface area contributed by atoms with Gasteiger partial charge in [-0.3, -0.25) is 4.90 Å². The van der Waals surface area contributed by atoms with Crippen molar-refractivity contribution < 1.29 is 13.2 Å². The summed E-state index contributed by atoms with van der Waals surface area (Å²) in [6, 6.07) is 18.0. The van der Waals surface area contributed by atoms with Gasteiger partial charge in [0.25, 0.3) is 0 Å². The number of imidazole rings is 1. The van der Waals surface area contributed by atoms with E-state index in [1.165, 1.54) is 0 Å². The highest BCUT2D eigenvalue weighted by molar-refractivity contribution is 7.91. The van der Waals surface area contributed by atoms with Gasteiger partial charge in [-0.1, -0.05) is 49.4 Å². The van der Waals surface area contributed by atoms with E-state index in [9.17, 15) is 8.42 Å². The average Bonchev–Trinajstić information content (AvgIpc) is 3.16. The Kier molecular flexibility index (Phi) is 6.95. The molecule has 0 aliphatic rings. The summed E-state index contributed by atoms with van der Waals surface area (Å²) in [7, 11) is 0.255. The SMILES string of the molecule is CCS(=O)(=O)c1ncc(CN(C)[C@H](C)c2cccc(OC)c2)n1Cc1ccccc1. The van der Waals surface area contributed by atoms with Crippen LogP contribution < -0.4 is 4.74 Å². The molecule has 0 saturated carbocycles. The highest BCUT2D eigenvalue weighted by Crippen LogP contribution is 2.25. The fraction of sp³-hybridized carbons (Fsp3) is 0.348. The minimum Gasteiger partial charge on any atom is -0.497 e. The minimum absolute atomic E-state index is 0.0221. The third-order valence-electron chi connectivity index (χ3n) is 5.39. The van der Waals surface area contributed by atoms with E-state index in [2.05, 4.69) is 22.9 Å². The molecule has 1 aromatic heterocycles. The molecule has 7 heteroatoms. The van der Waals surface area contributed by atoms with E-state index in [4.69, 9.17) is 4.74 Å². The number of rotatable bonds is 9. The van der Waals surface area contributed by atoms with Crippen molar-refractivity contribution in [2.75, 3.05) is 19.9 Å². The first kappa shape index (κ1) is 22.1. The Bertz CT molecular complexity index is 1080. The van der Waals surface area contributed by atoms with E-state index < -0.39 is 9.84 Å². The summed E-state index contributed by atoms with van der Waals surface area (Å²) in [5.41, 5.74) is 3.03. The summed E-state index contributed by atoms with van der Waals surface area (Å²) in [6.45, 7) is 4.80. The first-order valence-electron chi connectivity index (χ1n) is 10.0. The molecule has 0 saturated heterocycles. The van der Waals surface area contributed by atoms with Crippen LogP contribution in [0.25, 0.3) is 0 Å². The number of ether oxygens (including phenoxy) is 1. The Balaban J connectivity index is 1.91. The van der Waals surface area contributed by atoms with Crippen molar-refractivity contribution in [2.45, 2.75) is 38.1 Å². The normalized spacial score (nSPS) is 12.8. The molecule has 0 fully saturated rings. The largest absolute Gasteiger partial charge is 0.497 e. The minimum atomic E-state index is -3.43. The maximum atomic E-state index is 12.6. The second-order valence-electron chi connectivity index (χ2n) is 7.37. The molecule has 0 N–H and O–H groups in total. The first-order chi connectivity index (χ1) is 14.4. The van der Waals surface area contributed by atoms with Gasteiger partial charge in [0.2, 0.25) is 15.0 Å². The van der Waals surface area contributed by atoms with Crippen molar-refractivity contribution in [1.29, 1.82) is 0 Å². The lowest BCUT2D eigenvalue weighted by Crippen LogP contribution is -2.24. The Labute approximate surface area is 179 Å². The summed E-state index contributed by atoms with van der Waals surface area (Å²) < 4.78 is 32.4. The topological polar surface area (TPSA) is 64.4 Å². The molecular weight excluding hydrogens is 398 g/mol. The van der Waals surface area contributed by atoms with Crippen LogP contribution in [-0.4, -0.2) is 42.8 Å². The van der Waals surface area contributed by atoms with E-state index in [0.717, 1.165) is 22.6 Å². The van der Waals surface area contributed by atoms with Crippen molar-refractivity contribution in [1.82, 2.24) is 14.5 Å². The lowest BCUT2D eigenvalue weighted by Gasteiger charge is -2.26. The molecule has 1 atom stereocenters. The smallest absolute Gasteiger partial charge is 0.228 e. The molecule has 0 bridgehead atoms. The van der Waals surface area contributed by atoms with Crippen LogP contribution in [0.2, 0.25) is 0 Å². The summed E-state index contributed by atoms with van der Waals surface area (Å²) in [5.74, 6) is 0.840. The second-order valence-corrected chi connectivity index (χ2v) is 9.55. The average molecular weight is 428 g/mol. The highest BCUT2D eigenvalue weighted by atomic mass is 32.2. The lowest BCUT2D eigenvalue weighted by molar-refractivity contribution is 0.245. The summed E-state index contributed by atoms with van der Waals surface area (Å²) in [4.78, 5) is 6.47. The maximum Gasteiger partial charge on any atom is 0.228 e. The van der Waals surface area contributed by atoms with Crippen LogP contribution in [0.1, 0.15) is 36.7 Å². The molecule has 6 nitrogen and oxygen atoms in total. The molecule has 0 amide bonds. The van der Waals surface area contributed by atoms with Crippen molar-refractivity contribution in [3.05, 3.63) is 77.6 Å². The van der Waals surface area contributed by atoms with E-state index >= 15 is 0 Å². The Morgan fingerprint density at radius 3 is 2.53 bits per heavy atom. The van der Waals surface area contributed by atoms with Crippen molar-refractivity contribution >= 4 is 9.84 Å². The number of hydrogen-bond acceptors (Lipinski definition) is 5. The van der Waals surface area contributed by atoms with E-state index in [-0.39, 0.29) is 17.0 Å². The van der Waals surface area contributed by atoms with Gasteiger partial charge in [0.05, 0.1) is 31.3 Å². The van der Waals surface area contributed by atoms with Gasteiger partial charge in [-0.15, -0.1) is 0 Å². The first-order valence-corrected chi connectivity index (χ1v) is 11.7. The van der Waals surface area contributed by atoms with Crippen molar-refractivity contribution in [3.8, 4) is 5.75 Å². The molecule has 1 heterocycles. The highest BCUT2D eigenvalue weighted by Gasteiger charge is 2.23. The predicted octanol–water partition coefficient (Wildman–Crippen LogP) is 3.93.